The van der Waals surface area contributed by atoms with Gasteiger partial charge >= 0.3 is 5.97 Å². The van der Waals surface area contributed by atoms with Crippen LogP contribution in [0.25, 0.3) is 0 Å². The lowest BCUT2D eigenvalue weighted by Crippen LogP contribution is -2.42. The summed E-state index contributed by atoms with van der Waals surface area (Å²) in [4.78, 5) is 11.0. The molecule has 2 rings (SSSR count). The van der Waals surface area contributed by atoms with Crippen LogP contribution >= 0.6 is 11.3 Å². The molecule has 2 heterocycles. The van der Waals surface area contributed by atoms with E-state index >= 15 is 0 Å². The average Bonchev–Trinajstić information content (AvgIpc) is 2.98. The second kappa shape index (κ2) is 6.06. The first kappa shape index (κ1) is 16.5. The second-order valence-electron chi connectivity index (χ2n) is 5.56. The Morgan fingerprint density at radius 3 is 2.33 bits per heavy atom. The number of hydrogen-bond donors (Lipinski definition) is 1. The van der Waals surface area contributed by atoms with Crippen molar-refractivity contribution in [2.45, 2.75) is 44.4 Å². The summed E-state index contributed by atoms with van der Waals surface area (Å²) in [5.74, 6) is -1.09. The number of thiophene rings is 1. The summed E-state index contributed by atoms with van der Waals surface area (Å²) in [5, 5.41) is 10.3. The molecule has 0 radical (unpaired) electrons. The Morgan fingerprint density at radius 1 is 1.33 bits per heavy atom. The lowest BCUT2D eigenvalue weighted by atomic mass is 9.75. The van der Waals surface area contributed by atoms with E-state index < -0.39 is 16.0 Å². The Morgan fingerprint density at radius 2 is 1.90 bits per heavy atom. The minimum atomic E-state index is -3.56. The van der Waals surface area contributed by atoms with Gasteiger partial charge in [-0.3, -0.25) is 0 Å². The van der Waals surface area contributed by atoms with Crippen LogP contribution in [0.1, 0.15) is 49.2 Å². The highest BCUT2D eigenvalue weighted by Gasteiger charge is 2.36. The maximum Gasteiger partial charge on any atom is 0.345 e. The van der Waals surface area contributed by atoms with Crippen molar-refractivity contribution < 1.29 is 18.3 Å². The maximum atomic E-state index is 12.6. The first-order valence-corrected chi connectivity index (χ1v) is 9.48. The zero-order chi connectivity index (χ0) is 15.7. The summed E-state index contributed by atoms with van der Waals surface area (Å²) in [6, 6.07) is 1.25. The standard InChI is InChI=1S/C14H21NO4S2/c1-3-14(4-2)5-7-15(8-6-14)21(18,19)11-9-12(13(16)17)20-10-11/h9-10H,3-8H2,1-2H3,(H,16,17). The summed E-state index contributed by atoms with van der Waals surface area (Å²) in [5.41, 5.74) is 0.257. The summed E-state index contributed by atoms with van der Waals surface area (Å²) in [6.07, 6.45) is 3.88. The number of carbonyl (C=O) groups is 1. The van der Waals surface area contributed by atoms with Crippen molar-refractivity contribution in [2.24, 2.45) is 5.41 Å². The van der Waals surface area contributed by atoms with Gasteiger partial charge in [-0.05, 0) is 24.3 Å². The van der Waals surface area contributed by atoms with E-state index in [4.69, 9.17) is 5.11 Å². The van der Waals surface area contributed by atoms with Crippen LogP contribution in [-0.4, -0.2) is 36.9 Å². The summed E-state index contributed by atoms with van der Waals surface area (Å²) in [6.45, 7) is 5.35. The fraction of sp³-hybridized carbons (Fsp3) is 0.643. The Hall–Kier alpha value is -0.920. The average molecular weight is 331 g/mol. The van der Waals surface area contributed by atoms with Crippen LogP contribution in [0.3, 0.4) is 0 Å². The minimum Gasteiger partial charge on any atom is -0.477 e. The summed E-state index contributed by atoms with van der Waals surface area (Å²) >= 11 is 0.952. The van der Waals surface area contributed by atoms with Crippen LogP contribution in [-0.2, 0) is 10.0 Å². The smallest absolute Gasteiger partial charge is 0.345 e. The lowest BCUT2D eigenvalue weighted by molar-refractivity contribution is 0.0702. The van der Waals surface area contributed by atoms with Gasteiger partial charge in [0.15, 0.2) is 0 Å². The topological polar surface area (TPSA) is 74.7 Å². The molecule has 1 N–H and O–H groups in total. The number of carboxylic acids is 1. The molecule has 5 nitrogen and oxygen atoms in total. The van der Waals surface area contributed by atoms with E-state index in [0.29, 0.717) is 13.1 Å². The Balaban J connectivity index is 2.16. The van der Waals surface area contributed by atoms with E-state index in [-0.39, 0.29) is 15.2 Å². The normalized spacial score (nSPS) is 19.5. The van der Waals surface area contributed by atoms with E-state index in [0.717, 1.165) is 37.0 Å². The zero-order valence-electron chi connectivity index (χ0n) is 12.3. The molecule has 1 aliphatic rings. The molecule has 1 saturated heterocycles. The van der Waals surface area contributed by atoms with Gasteiger partial charge in [0.05, 0.1) is 4.90 Å². The third-order valence-electron chi connectivity index (χ3n) is 4.71. The van der Waals surface area contributed by atoms with E-state index in [1.165, 1.54) is 15.8 Å². The maximum absolute atomic E-state index is 12.6. The molecule has 0 saturated carbocycles. The molecule has 0 spiro atoms. The van der Waals surface area contributed by atoms with Crippen molar-refractivity contribution in [1.82, 2.24) is 4.31 Å². The molecule has 7 heteroatoms. The van der Waals surface area contributed by atoms with Crippen LogP contribution in [0.5, 0.6) is 0 Å². The van der Waals surface area contributed by atoms with Gasteiger partial charge in [0.1, 0.15) is 4.88 Å². The first-order chi connectivity index (χ1) is 9.84. The van der Waals surface area contributed by atoms with Crippen molar-refractivity contribution in [1.29, 1.82) is 0 Å². The summed E-state index contributed by atoms with van der Waals surface area (Å²) < 4.78 is 26.6. The number of aromatic carboxylic acids is 1. The van der Waals surface area contributed by atoms with Crippen LogP contribution in [0.2, 0.25) is 0 Å². The van der Waals surface area contributed by atoms with Crippen molar-refractivity contribution in [3.8, 4) is 0 Å². The quantitative estimate of drug-likeness (QED) is 0.900. The third-order valence-corrected chi connectivity index (χ3v) is 7.65. The number of carboxylic acid groups (broad SMARTS) is 1. The molecule has 1 aromatic rings. The van der Waals surface area contributed by atoms with E-state index in [2.05, 4.69) is 13.8 Å². The third kappa shape index (κ3) is 3.14. The lowest BCUT2D eigenvalue weighted by Gasteiger charge is -2.40. The van der Waals surface area contributed by atoms with Crippen LogP contribution in [0, 0.1) is 5.41 Å². The largest absolute Gasteiger partial charge is 0.477 e. The minimum absolute atomic E-state index is 0.0575. The van der Waals surface area contributed by atoms with Gasteiger partial charge < -0.3 is 5.11 Å². The van der Waals surface area contributed by atoms with Gasteiger partial charge in [-0.15, -0.1) is 11.3 Å². The molecule has 0 atom stereocenters. The SMILES string of the molecule is CCC1(CC)CCN(S(=O)(=O)c2csc(C(=O)O)c2)CC1. The van der Waals surface area contributed by atoms with E-state index in [1.807, 2.05) is 0 Å². The fourth-order valence-electron chi connectivity index (χ4n) is 2.87. The van der Waals surface area contributed by atoms with Crippen molar-refractivity contribution in [3.63, 3.8) is 0 Å². The molecule has 1 fully saturated rings. The van der Waals surface area contributed by atoms with Gasteiger partial charge in [-0.25, -0.2) is 13.2 Å². The molecular formula is C14H21NO4S2. The molecule has 0 bridgehead atoms. The molecule has 118 valence electrons. The summed E-state index contributed by atoms with van der Waals surface area (Å²) in [7, 11) is -3.56. The number of sulfonamides is 1. The predicted octanol–water partition coefficient (Wildman–Crippen LogP) is 3.04. The zero-order valence-corrected chi connectivity index (χ0v) is 14.0. The molecular weight excluding hydrogens is 310 g/mol. The molecule has 0 aliphatic carbocycles. The van der Waals surface area contributed by atoms with Gasteiger partial charge in [0.25, 0.3) is 0 Å². The molecule has 0 amide bonds. The Kier molecular flexibility index (Phi) is 4.75. The van der Waals surface area contributed by atoms with Gasteiger partial charge in [-0.1, -0.05) is 26.7 Å². The van der Waals surface area contributed by atoms with E-state index in [1.54, 1.807) is 0 Å². The molecule has 1 aromatic heterocycles. The van der Waals surface area contributed by atoms with Gasteiger partial charge in [-0.2, -0.15) is 4.31 Å². The molecule has 21 heavy (non-hydrogen) atoms. The Labute approximate surface area is 129 Å². The van der Waals surface area contributed by atoms with Crippen LogP contribution in [0.4, 0.5) is 0 Å². The van der Waals surface area contributed by atoms with Crippen molar-refractivity contribution in [3.05, 3.63) is 16.3 Å². The van der Waals surface area contributed by atoms with Gasteiger partial charge in [0, 0.05) is 18.5 Å². The second-order valence-corrected chi connectivity index (χ2v) is 8.41. The highest BCUT2D eigenvalue weighted by molar-refractivity contribution is 7.89. The molecule has 0 aromatic carbocycles. The number of rotatable bonds is 5. The van der Waals surface area contributed by atoms with E-state index in [9.17, 15) is 13.2 Å². The molecule has 1 aliphatic heterocycles. The monoisotopic (exact) mass is 331 g/mol. The van der Waals surface area contributed by atoms with Crippen molar-refractivity contribution in [2.75, 3.05) is 13.1 Å². The fourth-order valence-corrected chi connectivity index (χ4v) is 5.41. The number of nitrogens with zero attached hydrogens (tertiary/aromatic N) is 1. The number of piperidine rings is 1. The number of hydrogen-bond acceptors (Lipinski definition) is 4. The first-order valence-electron chi connectivity index (χ1n) is 7.16. The molecule has 0 unspecified atom stereocenters. The highest BCUT2D eigenvalue weighted by atomic mass is 32.2. The van der Waals surface area contributed by atoms with Crippen LogP contribution < -0.4 is 0 Å². The predicted molar refractivity (Wildman–Crippen MR) is 82.3 cm³/mol. The van der Waals surface area contributed by atoms with Crippen molar-refractivity contribution >= 4 is 27.3 Å². The Bertz CT molecular complexity index is 607. The van der Waals surface area contributed by atoms with Crippen LogP contribution in [0.15, 0.2) is 16.3 Å². The van der Waals surface area contributed by atoms with Gasteiger partial charge in [0.2, 0.25) is 10.0 Å². The highest BCUT2D eigenvalue weighted by Crippen LogP contribution is 2.39.